The van der Waals surface area contributed by atoms with Gasteiger partial charge in [0.1, 0.15) is 0 Å². The number of aliphatic hydroxyl groups is 1. The smallest absolute Gasteiger partial charge is 0.254 e. The predicted molar refractivity (Wildman–Crippen MR) is 128 cm³/mol. The fraction of sp³-hybridized carbons (Fsp3) is 0.346. The topological polar surface area (TPSA) is 66.3 Å². The van der Waals surface area contributed by atoms with E-state index in [2.05, 4.69) is 42.9 Å². The summed E-state index contributed by atoms with van der Waals surface area (Å²) in [6, 6.07) is 11.5. The molecule has 3 heterocycles. The lowest BCUT2D eigenvalue weighted by molar-refractivity contribution is 0.0764. The van der Waals surface area contributed by atoms with Gasteiger partial charge in [0.15, 0.2) is 0 Å². The third-order valence-corrected chi connectivity index (χ3v) is 6.30. The van der Waals surface area contributed by atoms with Gasteiger partial charge >= 0.3 is 0 Å². The van der Waals surface area contributed by atoms with E-state index in [9.17, 15) is 9.90 Å². The molecule has 166 valence electrons. The number of amides is 1. The van der Waals surface area contributed by atoms with Gasteiger partial charge in [-0.25, -0.2) is 0 Å². The number of nitrogens with zero attached hydrogens (tertiary/aromatic N) is 3. The van der Waals surface area contributed by atoms with E-state index in [1.165, 1.54) is 0 Å². The number of hydrogen-bond acceptors (Lipinski definition) is 4. The average Bonchev–Trinajstić information content (AvgIpc) is 3.11. The van der Waals surface area contributed by atoms with E-state index >= 15 is 0 Å². The highest BCUT2D eigenvalue weighted by atomic mass is 35.5. The fourth-order valence-corrected chi connectivity index (χ4v) is 4.24. The van der Waals surface area contributed by atoms with Crippen LogP contribution < -0.4 is 0 Å². The summed E-state index contributed by atoms with van der Waals surface area (Å²) in [5.41, 5.74) is 5.21. The van der Waals surface area contributed by atoms with Crippen molar-refractivity contribution in [1.29, 1.82) is 0 Å². The van der Waals surface area contributed by atoms with Crippen molar-refractivity contribution in [3.63, 3.8) is 0 Å². The zero-order valence-electron chi connectivity index (χ0n) is 18.8. The molecule has 1 fully saturated rings. The first-order chi connectivity index (χ1) is 15.1. The molecule has 0 radical (unpaired) electrons. The molecule has 0 aliphatic carbocycles. The number of carbonyl (C=O) groups excluding carboxylic acids is 1. The Bertz CT molecular complexity index is 1150. The first-order valence-corrected chi connectivity index (χ1v) is 11.2. The van der Waals surface area contributed by atoms with Crippen molar-refractivity contribution in [2.45, 2.75) is 39.2 Å². The number of carbonyl (C=O) groups is 1. The fourth-order valence-electron chi connectivity index (χ4n) is 3.95. The van der Waals surface area contributed by atoms with Crippen LogP contribution in [-0.4, -0.2) is 45.1 Å². The van der Waals surface area contributed by atoms with Gasteiger partial charge < -0.3 is 10.0 Å². The molecule has 2 atom stereocenters. The Hall–Kier alpha value is -2.76. The Morgan fingerprint density at radius 3 is 2.47 bits per heavy atom. The molecule has 1 N–H and O–H groups in total. The van der Waals surface area contributed by atoms with E-state index in [1.54, 1.807) is 23.2 Å². The Labute approximate surface area is 194 Å². The molecule has 1 amide bonds. The maximum absolute atomic E-state index is 12.8. The van der Waals surface area contributed by atoms with Gasteiger partial charge in [0, 0.05) is 76.0 Å². The molecule has 3 aromatic rings. The second-order valence-electron chi connectivity index (χ2n) is 9.59. The van der Waals surface area contributed by atoms with E-state index in [1.807, 2.05) is 31.5 Å². The first kappa shape index (κ1) is 22.4. The minimum Gasteiger partial charge on any atom is -0.391 e. The molecule has 1 aliphatic rings. The van der Waals surface area contributed by atoms with E-state index in [-0.39, 0.29) is 17.2 Å². The minimum atomic E-state index is -0.477. The largest absolute Gasteiger partial charge is 0.391 e. The van der Waals surface area contributed by atoms with Crippen molar-refractivity contribution in [2.24, 2.45) is 5.92 Å². The molecule has 1 saturated heterocycles. The predicted octanol–water partition coefficient (Wildman–Crippen LogP) is 5.21. The quantitative estimate of drug-likeness (QED) is 0.595. The summed E-state index contributed by atoms with van der Waals surface area (Å²) in [6.45, 7) is 9.27. The van der Waals surface area contributed by atoms with Crippen molar-refractivity contribution < 1.29 is 9.90 Å². The summed E-state index contributed by atoms with van der Waals surface area (Å²) in [4.78, 5) is 23.4. The standard InChI is InChI=1S/C26H28ClN3O2/c1-16-14-30(15-23(16)31)25(32)18-5-6-21(22(27)10-18)20-9-19(12-28-13-20)17-7-8-29-24(11-17)26(2,3)4/h5-13,16,23,31H,14-15H2,1-4H3. The molecular weight excluding hydrogens is 422 g/mol. The molecule has 0 bridgehead atoms. The second-order valence-corrected chi connectivity index (χ2v) is 10.00. The molecule has 4 rings (SSSR count). The number of aromatic nitrogens is 2. The third-order valence-electron chi connectivity index (χ3n) is 5.99. The molecule has 2 unspecified atom stereocenters. The van der Waals surface area contributed by atoms with Crippen LogP contribution in [0.3, 0.4) is 0 Å². The van der Waals surface area contributed by atoms with Gasteiger partial charge in [0.25, 0.3) is 5.91 Å². The lowest BCUT2D eigenvalue weighted by Gasteiger charge is -2.18. The van der Waals surface area contributed by atoms with Gasteiger partial charge in [-0.2, -0.15) is 0 Å². The number of aliphatic hydroxyl groups excluding tert-OH is 1. The summed E-state index contributed by atoms with van der Waals surface area (Å²) in [5.74, 6) is -0.0327. The molecule has 0 saturated carbocycles. The van der Waals surface area contributed by atoms with Crippen molar-refractivity contribution in [1.82, 2.24) is 14.9 Å². The van der Waals surface area contributed by atoms with Crippen LogP contribution in [0.4, 0.5) is 0 Å². The number of benzene rings is 1. The van der Waals surface area contributed by atoms with E-state index < -0.39 is 6.10 Å². The van der Waals surface area contributed by atoms with Crippen LogP contribution in [0.2, 0.25) is 5.02 Å². The zero-order chi connectivity index (χ0) is 23.0. The monoisotopic (exact) mass is 449 g/mol. The minimum absolute atomic E-state index is 0.0457. The SMILES string of the molecule is CC1CN(C(=O)c2ccc(-c3cncc(-c4ccnc(C(C)(C)C)c4)c3)c(Cl)c2)CC1O. The van der Waals surface area contributed by atoms with Gasteiger partial charge in [-0.15, -0.1) is 0 Å². The van der Waals surface area contributed by atoms with Crippen molar-refractivity contribution in [3.8, 4) is 22.3 Å². The van der Waals surface area contributed by atoms with Crippen LogP contribution in [-0.2, 0) is 5.41 Å². The highest BCUT2D eigenvalue weighted by Crippen LogP contribution is 2.33. The maximum atomic E-state index is 12.8. The number of rotatable bonds is 3. The maximum Gasteiger partial charge on any atom is 0.254 e. The lowest BCUT2D eigenvalue weighted by Crippen LogP contribution is -2.29. The van der Waals surface area contributed by atoms with Crippen molar-refractivity contribution in [2.75, 3.05) is 13.1 Å². The highest BCUT2D eigenvalue weighted by molar-refractivity contribution is 6.33. The Kier molecular flexibility index (Phi) is 6.06. The molecule has 0 spiro atoms. The van der Waals surface area contributed by atoms with Gasteiger partial charge in [-0.1, -0.05) is 45.4 Å². The lowest BCUT2D eigenvalue weighted by atomic mass is 9.90. The van der Waals surface area contributed by atoms with Crippen LogP contribution in [0.15, 0.2) is 55.0 Å². The van der Waals surface area contributed by atoms with Gasteiger partial charge in [-0.3, -0.25) is 14.8 Å². The van der Waals surface area contributed by atoms with Crippen LogP contribution in [0, 0.1) is 5.92 Å². The summed E-state index contributed by atoms with van der Waals surface area (Å²) < 4.78 is 0. The molecule has 1 aromatic carbocycles. The Morgan fingerprint density at radius 1 is 1.06 bits per heavy atom. The number of likely N-dealkylation sites (tertiary alicyclic amines) is 1. The Balaban J connectivity index is 1.62. The average molecular weight is 450 g/mol. The summed E-state index contributed by atoms with van der Waals surface area (Å²) in [7, 11) is 0. The van der Waals surface area contributed by atoms with Crippen molar-refractivity contribution >= 4 is 17.5 Å². The van der Waals surface area contributed by atoms with Crippen LogP contribution in [0.25, 0.3) is 22.3 Å². The van der Waals surface area contributed by atoms with Gasteiger partial charge in [-0.05, 0) is 35.9 Å². The molecule has 2 aromatic heterocycles. The second kappa shape index (κ2) is 8.64. The van der Waals surface area contributed by atoms with Crippen LogP contribution in [0.5, 0.6) is 0 Å². The molecule has 32 heavy (non-hydrogen) atoms. The summed E-state index contributed by atoms with van der Waals surface area (Å²) in [6.07, 6.45) is 4.95. The van der Waals surface area contributed by atoms with Crippen LogP contribution >= 0.6 is 11.6 Å². The van der Waals surface area contributed by atoms with Crippen LogP contribution in [0.1, 0.15) is 43.7 Å². The normalized spacial score (nSPS) is 18.8. The summed E-state index contributed by atoms with van der Waals surface area (Å²) >= 11 is 6.60. The molecular formula is C26H28ClN3O2. The highest BCUT2D eigenvalue weighted by Gasteiger charge is 2.31. The number of halogens is 1. The van der Waals surface area contributed by atoms with Gasteiger partial charge in [0.2, 0.25) is 0 Å². The van der Waals surface area contributed by atoms with Crippen molar-refractivity contribution in [3.05, 3.63) is 71.3 Å². The summed E-state index contributed by atoms with van der Waals surface area (Å²) in [5, 5.41) is 10.5. The molecule has 1 aliphatic heterocycles. The van der Waals surface area contributed by atoms with Gasteiger partial charge in [0.05, 0.1) is 6.10 Å². The number of pyridine rings is 2. The molecule has 5 nitrogen and oxygen atoms in total. The van der Waals surface area contributed by atoms with E-state index in [0.29, 0.717) is 23.7 Å². The number of hydrogen-bond donors (Lipinski definition) is 1. The van der Waals surface area contributed by atoms with E-state index in [4.69, 9.17) is 11.6 Å². The first-order valence-electron chi connectivity index (χ1n) is 10.8. The molecule has 6 heteroatoms. The third kappa shape index (κ3) is 4.54. The van der Waals surface area contributed by atoms with E-state index in [0.717, 1.165) is 27.9 Å². The number of β-amino-alcohol motifs (C(OH)–C–C–N with tert-alkyl or cyclic N) is 1. The Morgan fingerprint density at radius 2 is 1.81 bits per heavy atom. The zero-order valence-corrected chi connectivity index (χ0v) is 19.6.